The summed E-state index contributed by atoms with van der Waals surface area (Å²) in [6.45, 7) is 13.2. The smallest absolute Gasteiger partial charge is 0.0137 e. The SMILES string of the molecule is CNCC1CCC1N1CCN(C(C)(C)C)CC1. The number of nitrogens with one attached hydrogen (secondary N) is 1. The molecule has 0 amide bonds. The molecule has 100 valence electrons. The Bertz CT molecular complexity index is 238. The number of rotatable bonds is 3. The van der Waals surface area contributed by atoms with Gasteiger partial charge in [0.15, 0.2) is 0 Å². The normalized spacial score (nSPS) is 32.5. The van der Waals surface area contributed by atoms with Crippen LogP contribution in [0.25, 0.3) is 0 Å². The van der Waals surface area contributed by atoms with Crippen LogP contribution in [0.4, 0.5) is 0 Å². The predicted molar refractivity (Wildman–Crippen MR) is 73.3 cm³/mol. The van der Waals surface area contributed by atoms with Crippen molar-refractivity contribution in [2.24, 2.45) is 5.92 Å². The van der Waals surface area contributed by atoms with Crippen LogP contribution in [0.15, 0.2) is 0 Å². The molecule has 3 heteroatoms. The summed E-state index contributed by atoms with van der Waals surface area (Å²) in [5.74, 6) is 0.904. The summed E-state index contributed by atoms with van der Waals surface area (Å²) in [5.41, 5.74) is 0.343. The van der Waals surface area contributed by atoms with Crippen LogP contribution in [0, 0.1) is 5.92 Å². The van der Waals surface area contributed by atoms with E-state index in [4.69, 9.17) is 0 Å². The Morgan fingerprint density at radius 1 is 1.06 bits per heavy atom. The van der Waals surface area contributed by atoms with E-state index in [9.17, 15) is 0 Å². The molecule has 2 atom stereocenters. The minimum atomic E-state index is 0.343. The molecule has 0 spiro atoms. The van der Waals surface area contributed by atoms with Crippen LogP contribution in [0.2, 0.25) is 0 Å². The second kappa shape index (κ2) is 5.25. The van der Waals surface area contributed by atoms with Crippen LogP contribution in [0.3, 0.4) is 0 Å². The third-order valence-corrected chi connectivity index (χ3v) is 4.58. The standard InChI is InChI=1S/C14H29N3/c1-14(2,3)17-9-7-16(8-10-17)13-6-5-12(13)11-15-4/h12-13,15H,5-11H2,1-4H3. The quantitative estimate of drug-likeness (QED) is 0.803. The van der Waals surface area contributed by atoms with Gasteiger partial charge in [-0.05, 0) is 53.1 Å². The minimum absolute atomic E-state index is 0.343. The second-order valence-corrected chi connectivity index (χ2v) is 6.66. The largest absolute Gasteiger partial charge is 0.319 e. The zero-order valence-corrected chi connectivity index (χ0v) is 12.0. The van der Waals surface area contributed by atoms with Crippen molar-refractivity contribution < 1.29 is 0 Å². The van der Waals surface area contributed by atoms with Crippen LogP contribution >= 0.6 is 0 Å². The Morgan fingerprint density at radius 3 is 2.12 bits per heavy atom. The molecule has 1 N–H and O–H groups in total. The summed E-state index contributed by atoms with van der Waals surface area (Å²) in [6.07, 6.45) is 2.84. The third-order valence-electron chi connectivity index (χ3n) is 4.58. The average molecular weight is 239 g/mol. The first-order chi connectivity index (χ1) is 8.02. The van der Waals surface area contributed by atoms with Gasteiger partial charge in [0.05, 0.1) is 0 Å². The van der Waals surface area contributed by atoms with Crippen LogP contribution in [0.1, 0.15) is 33.6 Å². The summed E-state index contributed by atoms with van der Waals surface area (Å²) in [7, 11) is 2.08. The maximum absolute atomic E-state index is 3.33. The molecule has 1 saturated carbocycles. The molecule has 2 fully saturated rings. The molecule has 0 aromatic heterocycles. The van der Waals surface area contributed by atoms with Gasteiger partial charge in [0.25, 0.3) is 0 Å². The predicted octanol–water partition coefficient (Wildman–Crippen LogP) is 1.40. The van der Waals surface area contributed by atoms with E-state index in [2.05, 4.69) is 42.9 Å². The molecular formula is C14H29N3. The van der Waals surface area contributed by atoms with Gasteiger partial charge in [0.1, 0.15) is 0 Å². The molecule has 17 heavy (non-hydrogen) atoms. The Morgan fingerprint density at radius 2 is 1.71 bits per heavy atom. The van der Waals surface area contributed by atoms with Crippen molar-refractivity contribution in [3.8, 4) is 0 Å². The van der Waals surface area contributed by atoms with E-state index in [-0.39, 0.29) is 0 Å². The zero-order valence-electron chi connectivity index (χ0n) is 12.0. The molecule has 1 heterocycles. The molecule has 1 aliphatic heterocycles. The lowest BCUT2D eigenvalue weighted by Gasteiger charge is -2.50. The highest BCUT2D eigenvalue weighted by molar-refractivity contribution is 4.93. The number of hydrogen-bond donors (Lipinski definition) is 1. The third kappa shape index (κ3) is 3.01. The Kier molecular flexibility index (Phi) is 4.11. The summed E-state index contributed by atoms with van der Waals surface area (Å²) in [4.78, 5) is 5.35. The molecule has 2 aliphatic rings. The Hall–Kier alpha value is -0.120. The van der Waals surface area contributed by atoms with Crippen molar-refractivity contribution >= 4 is 0 Å². The van der Waals surface area contributed by atoms with E-state index < -0.39 is 0 Å². The lowest BCUT2D eigenvalue weighted by Crippen LogP contribution is -2.59. The maximum atomic E-state index is 3.33. The molecule has 0 radical (unpaired) electrons. The highest BCUT2D eigenvalue weighted by Crippen LogP contribution is 2.32. The van der Waals surface area contributed by atoms with E-state index in [0.717, 1.165) is 12.0 Å². The van der Waals surface area contributed by atoms with Gasteiger partial charge in [-0.1, -0.05) is 0 Å². The van der Waals surface area contributed by atoms with Crippen LogP contribution in [-0.4, -0.2) is 61.2 Å². The van der Waals surface area contributed by atoms with Crippen LogP contribution < -0.4 is 5.32 Å². The molecule has 2 unspecified atom stereocenters. The molecule has 3 nitrogen and oxygen atoms in total. The van der Waals surface area contributed by atoms with Gasteiger partial charge in [-0.15, -0.1) is 0 Å². The van der Waals surface area contributed by atoms with Gasteiger partial charge in [0, 0.05) is 37.8 Å². The van der Waals surface area contributed by atoms with Crippen molar-refractivity contribution in [3.63, 3.8) is 0 Å². The highest BCUT2D eigenvalue weighted by Gasteiger charge is 2.37. The van der Waals surface area contributed by atoms with Gasteiger partial charge in [0.2, 0.25) is 0 Å². The fourth-order valence-electron chi connectivity index (χ4n) is 3.26. The Balaban J connectivity index is 1.79. The molecule has 0 bridgehead atoms. The summed E-state index contributed by atoms with van der Waals surface area (Å²) in [6, 6.07) is 0.865. The van der Waals surface area contributed by atoms with Gasteiger partial charge >= 0.3 is 0 Å². The van der Waals surface area contributed by atoms with Gasteiger partial charge in [-0.25, -0.2) is 0 Å². The molecule has 0 aromatic rings. The van der Waals surface area contributed by atoms with Gasteiger partial charge in [-0.2, -0.15) is 0 Å². The first-order valence-electron chi connectivity index (χ1n) is 7.16. The van der Waals surface area contributed by atoms with Crippen molar-refractivity contribution in [2.75, 3.05) is 39.8 Å². The topological polar surface area (TPSA) is 18.5 Å². The molecular weight excluding hydrogens is 210 g/mol. The number of hydrogen-bond acceptors (Lipinski definition) is 3. The molecule has 0 aromatic carbocycles. The fraction of sp³-hybridized carbons (Fsp3) is 1.00. The number of piperazine rings is 1. The fourth-order valence-corrected chi connectivity index (χ4v) is 3.26. The monoisotopic (exact) mass is 239 g/mol. The number of nitrogens with zero attached hydrogens (tertiary/aromatic N) is 2. The van der Waals surface area contributed by atoms with Crippen molar-refractivity contribution in [1.29, 1.82) is 0 Å². The zero-order chi connectivity index (χ0) is 12.5. The first kappa shape index (κ1) is 13.3. The molecule has 2 rings (SSSR count). The second-order valence-electron chi connectivity index (χ2n) is 6.66. The minimum Gasteiger partial charge on any atom is -0.319 e. The van der Waals surface area contributed by atoms with Crippen molar-refractivity contribution in [1.82, 2.24) is 15.1 Å². The van der Waals surface area contributed by atoms with Gasteiger partial charge < -0.3 is 5.32 Å². The van der Waals surface area contributed by atoms with E-state index in [1.54, 1.807) is 0 Å². The summed E-state index contributed by atoms with van der Waals surface area (Å²) >= 11 is 0. The summed E-state index contributed by atoms with van der Waals surface area (Å²) in [5, 5.41) is 3.33. The molecule has 1 saturated heterocycles. The Labute approximate surface area is 107 Å². The highest BCUT2D eigenvalue weighted by atomic mass is 15.3. The van der Waals surface area contributed by atoms with Crippen molar-refractivity contribution in [3.05, 3.63) is 0 Å². The van der Waals surface area contributed by atoms with Gasteiger partial charge in [-0.3, -0.25) is 9.80 Å². The summed E-state index contributed by atoms with van der Waals surface area (Å²) < 4.78 is 0. The average Bonchev–Trinajstić information content (AvgIpc) is 2.24. The lowest BCUT2D eigenvalue weighted by atomic mass is 9.78. The van der Waals surface area contributed by atoms with E-state index in [1.165, 1.54) is 45.6 Å². The van der Waals surface area contributed by atoms with Crippen molar-refractivity contribution in [2.45, 2.75) is 45.2 Å². The van der Waals surface area contributed by atoms with Crippen LogP contribution in [-0.2, 0) is 0 Å². The molecule has 1 aliphatic carbocycles. The van der Waals surface area contributed by atoms with E-state index in [0.29, 0.717) is 5.54 Å². The van der Waals surface area contributed by atoms with Crippen LogP contribution in [0.5, 0.6) is 0 Å². The lowest BCUT2D eigenvalue weighted by molar-refractivity contribution is -0.00358. The van der Waals surface area contributed by atoms with E-state index in [1.807, 2.05) is 0 Å². The maximum Gasteiger partial charge on any atom is 0.0137 e. The first-order valence-corrected chi connectivity index (χ1v) is 7.16. The van der Waals surface area contributed by atoms with E-state index >= 15 is 0 Å².